The Hall–Kier alpha value is -0.830. The molecule has 68 valence electrons. The van der Waals surface area contributed by atoms with Gasteiger partial charge in [0.1, 0.15) is 0 Å². The largest absolute Gasteiger partial charge is 0.462 e. The lowest BCUT2D eigenvalue weighted by atomic mass is 10.2. The molecule has 3 heteroatoms. The number of hydrogen-bond acceptors (Lipinski definition) is 3. The Labute approximate surface area is 72.4 Å². The van der Waals surface area contributed by atoms with Gasteiger partial charge in [-0.3, -0.25) is 0 Å². The molecule has 0 aliphatic carbocycles. The number of epoxide rings is 1. The summed E-state index contributed by atoms with van der Waals surface area (Å²) >= 11 is 0. The van der Waals surface area contributed by atoms with E-state index in [1.54, 1.807) is 0 Å². The number of carbonyl (C=O) groups excluding carboxylic acids is 1. The zero-order chi connectivity index (χ0) is 8.97. The van der Waals surface area contributed by atoms with Crippen LogP contribution in [0.15, 0.2) is 12.7 Å². The van der Waals surface area contributed by atoms with Crippen molar-refractivity contribution in [2.45, 2.75) is 32.0 Å². The third kappa shape index (κ3) is 2.66. The monoisotopic (exact) mass is 170 g/mol. The fraction of sp³-hybridized carbons (Fsp3) is 0.667. The number of rotatable bonds is 5. The molecule has 1 aliphatic rings. The van der Waals surface area contributed by atoms with Crippen molar-refractivity contribution in [3.8, 4) is 0 Å². The molecule has 2 atom stereocenters. The zero-order valence-corrected chi connectivity index (χ0v) is 7.29. The third-order valence-corrected chi connectivity index (χ3v) is 1.90. The number of esters is 1. The molecule has 1 heterocycles. The fourth-order valence-corrected chi connectivity index (χ4v) is 1.13. The lowest BCUT2D eigenvalue weighted by Gasteiger charge is -1.97. The van der Waals surface area contributed by atoms with Crippen molar-refractivity contribution in [3.05, 3.63) is 12.7 Å². The van der Waals surface area contributed by atoms with Gasteiger partial charge in [0.2, 0.25) is 0 Å². The van der Waals surface area contributed by atoms with Gasteiger partial charge >= 0.3 is 5.97 Å². The molecular formula is C9H14O3. The molecule has 0 spiro atoms. The lowest BCUT2D eigenvalue weighted by molar-refractivity contribution is -0.137. The first kappa shape index (κ1) is 9.26. The highest BCUT2D eigenvalue weighted by atomic mass is 16.6. The van der Waals surface area contributed by atoms with Crippen molar-refractivity contribution in [1.29, 1.82) is 0 Å². The quantitative estimate of drug-likeness (QED) is 0.354. The SMILES string of the molecule is C=CC(=O)OCCC1OC1CC. The molecule has 3 nitrogen and oxygen atoms in total. The van der Waals surface area contributed by atoms with E-state index in [1.165, 1.54) is 6.08 Å². The molecule has 0 bridgehead atoms. The Balaban J connectivity index is 1.97. The second-order valence-electron chi connectivity index (χ2n) is 2.78. The predicted octanol–water partition coefficient (Wildman–Crippen LogP) is 1.28. The first-order valence-electron chi connectivity index (χ1n) is 4.22. The van der Waals surface area contributed by atoms with Gasteiger partial charge < -0.3 is 9.47 Å². The maximum absolute atomic E-state index is 10.6. The Morgan fingerprint density at radius 1 is 1.67 bits per heavy atom. The molecule has 1 fully saturated rings. The summed E-state index contributed by atoms with van der Waals surface area (Å²) in [5.41, 5.74) is 0. The van der Waals surface area contributed by atoms with E-state index in [9.17, 15) is 4.79 Å². The summed E-state index contributed by atoms with van der Waals surface area (Å²) in [7, 11) is 0. The maximum Gasteiger partial charge on any atom is 0.330 e. The number of carbonyl (C=O) groups is 1. The molecule has 12 heavy (non-hydrogen) atoms. The average Bonchev–Trinajstić information content (AvgIpc) is 2.83. The average molecular weight is 170 g/mol. The van der Waals surface area contributed by atoms with Crippen LogP contribution in [0, 0.1) is 0 Å². The van der Waals surface area contributed by atoms with Crippen LogP contribution in [0.25, 0.3) is 0 Å². The number of hydrogen-bond donors (Lipinski definition) is 0. The van der Waals surface area contributed by atoms with Crippen LogP contribution in [0.2, 0.25) is 0 Å². The Bertz CT molecular complexity index is 177. The minimum Gasteiger partial charge on any atom is -0.462 e. The van der Waals surface area contributed by atoms with Crippen LogP contribution in [-0.2, 0) is 14.3 Å². The van der Waals surface area contributed by atoms with Crippen molar-refractivity contribution in [2.75, 3.05) is 6.61 Å². The third-order valence-electron chi connectivity index (χ3n) is 1.90. The molecule has 0 N–H and O–H groups in total. The van der Waals surface area contributed by atoms with Crippen LogP contribution in [0.1, 0.15) is 19.8 Å². The van der Waals surface area contributed by atoms with Gasteiger partial charge in [-0.25, -0.2) is 4.79 Å². The van der Waals surface area contributed by atoms with Gasteiger partial charge in [0.25, 0.3) is 0 Å². The molecular weight excluding hydrogens is 156 g/mol. The molecule has 0 radical (unpaired) electrons. The van der Waals surface area contributed by atoms with Crippen LogP contribution in [0.5, 0.6) is 0 Å². The number of ether oxygens (including phenoxy) is 2. The molecule has 1 rings (SSSR count). The normalized spacial score (nSPS) is 26.4. The van der Waals surface area contributed by atoms with Crippen molar-refractivity contribution in [1.82, 2.24) is 0 Å². The summed E-state index contributed by atoms with van der Waals surface area (Å²) in [5.74, 6) is -0.358. The van der Waals surface area contributed by atoms with E-state index < -0.39 is 0 Å². The standard InChI is InChI=1S/C9H14O3/c1-3-7-8(12-7)5-6-11-9(10)4-2/h4,7-8H,2-3,5-6H2,1H3. The van der Waals surface area contributed by atoms with Crippen LogP contribution in [0.4, 0.5) is 0 Å². The highest BCUT2D eigenvalue weighted by Gasteiger charge is 2.36. The van der Waals surface area contributed by atoms with Gasteiger partial charge in [-0.15, -0.1) is 0 Å². The van der Waals surface area contributed by atoms with E-state index in [2.05, 4.69) is 13.5 Å². The van der Waals surface area contributed by atoms with Crippen LogP contribution < -0.4 is 0 Å². The van der Waals surface area contributed by atoms with Gasteiger partial charge in [-0.2, -0.15) is 0 Å². The smallest absolute Gasteiger partial charge is 0.330 e. The van der Waals surface area contributed by atoms with Crippen molar-refractivity contribution < 1.29 is 14.3 Å². The first-order valence-corrected chi connectivity index (χ1v) is 4.22. The van der Waals surface area contributed by atoms with Crippen LogP contribution in [-0.4, -0.2) is 24.8 Å². The minimum absolute atomic E-state index is 0.313. The molecule has 1 aliphatic heterocycles. The Kier molecular flexibility index (Phi) is 3.29. The molecule has 0 aromatic rings. The molecule has 0 amide bonds. The second kappa shape index (κ2) is 4.26. The van der Waals surface area contributed by atoms with E-state index in [0.29, 0.717) is 18.8 Å². The Morgan fingerprint density at radius 3 is 2.92 bits per heavy atom. The molecule has 0 saturated carbocycles. The summed E-state index contributed by atoms with van der Waals surface area (Å²) in [6.07, 6.45) is 3.73. The second-order valence-corrected chi connectivity index (χ2v) is 2.78. The molecule has 0 aromatic heterocycles. The van der Waals surface area contributed by atoms with E-state index in [0.717, 1.165) is 12.8 Å². The summed E-state index contributed by atoms with van der Waals surface area (Å²) in [6, 6.07) is 0. The Morgan fingerprint density at radius 2 is 2.42 bits per heavy atom. The highest BCUT2D eigenvalue weighted by Crippen LogP contribution is 2.27. The van der Waals surface area contributed by atoms with E-state index in [-0.39, 0.29) is 5.97 Å². The lowest BCUT2D eigenvalue weighted by Crippen LogP contribution is -2.05. The summed E-state index contributed by atoms with van der Waals surface area (Å²) < 4.78 is 10.1. The summed E-state index contributed by atoms with van der Waals surface area (Å²) in [5, 5.41) is 0. The van der Waals surface area contributed by atoms with E-state index in [4.69, 9.17) is 9.47 Å². The fourth-order valence-electron chi connectivity index (χ4n) is 1.13. The first-order chi connectivity index (χ1) is 5.77. The summed E-state index contributed by atoms with van der Waals surface area (Å²) in [6.45, 7) is 5.82. The highest BCUT2D eigenvalue weighted by molar-refractivity contribution is 5.81. The molecule has 0 aromatic carbocycles. The van der Waals surface area contributed by atoms with E-state index in [1.807, 2.05) is 0 Å². The molecule has 2 unspecified atom stereocenters. The maximum atomic E-state index is 10.6. The topological polar surface area (TPSA) is 38.8 Å². The van der Waals surface area contributed by atoms with Gasteiger partial charge in [0.05, 0.1) is 18.8 Å². The van der Waals surface area contributed by atoms with Crippen LogP contribution in [0.3, 0.4) is 0 Å². The van der Waals surface area contributed by atoms with Crippen LogP contribution >= 0.6 is 0 Å². The van der Waals surface area contributed by atoms with Gasteiger partial charge in [0, 0.05) is 12.5 Å². The zero-order valence-electron chi connectivity index (χ0n) is 7.29. The predicted molar refractivity (Wildman–Crippen MR) is 44.7 cm³/mol. The van der Waals surface area contributed by atoms with Gasteiger partial charge in [-0.05, 0) is 6.42 Å². The van der Waals surface area contributed by atoms with Gasteiger partial charge in [-0.1, -0.05) is 13.5 Å². The minimum atomic E-state index is -0.358. The summed E-state index contributed by atoms with van der Waals surface area (Å²) in [4.78, 5) is 10.6. The van der Waals surface area contributed by atoms with Crippen molar-refractivity contribution in [3.63, 3.8) is 0 Å². The van der Waals surface area contributed by atoms with Gasteiger partial charge in [0.15, 0.2) is 0 Å². The van der Waals surface area contributed by atoms with Crippen molar-refractivity contribution in [2.24, 2.45) is 0 Å². The van der Waals surface area contributed by atoms with E-state index >= 15 is 0 Å². The molecule has 1 saturated heterocycles. The van der Waals surface area contributed by atoms with Crippen molar-refractivity contribution >= 4 is 5.97 Å².